The predicted octanol–water partition coefficient (Wildman–Crippen LogP) is 9.70. The van der Waals surface area contributed by atoms with E-state index in [0.717, 1.165) is 16.7 Å². The van der Waals surface area contributed by atoms with Crippen LogP contribution in [0.15, 0.2) is 136 Å². The number of nitrogens with zero attached hydrogens (tertiary/aromatic N) is 3. The van der Waals surface area contributed by atoms with Crippen LogP contribution in [0.1, 0.15) is 41.7 Å². The highest BCUT2D eigenvalue weighted by Gasteiger charge is 2.35. The second kappa shape index (κ2) is 10.1. The van der Waals surface area contributed by atoms with E-state index in [1.807, 2.05) is 48.5 Å². The summed E-state index contributed by atoms with van der Waals surface area (Å²) in [7, 11) is -0.619. The molecule has 1 atom stereocenters. The molecule has 3 nitrogen and oxygen atoms in total. The standard InChI is InChI=1S/C37H30N3P/c1-37(2)30-19-12-18-29-28-17-10-11-20-32(28)41(34(29)30)33-22-21-27(23-31(33)37)36(39-24-25-13-6-4-7-14-25)40-35(38-3)26-15-8-5-9-16-26/h4-23H,3,24H2,1-2H3. The van der Waals surface area contributed by atoms with Crippen LogP contribution in [0, 0.1) is 0 Å². The highest BCUT2D eigenvalue weighted by atomic mass is 31.1. The Morgan fingerprint density at radius 2 is 1.39 bits per heavy atom. The Morgan fingerprint density at radius 3 is 2.17 bits per heavy atom. The molecule has 5 aromatic carbocycles. The van der Waals surface area contributed by atoms with Gasteiger partial charge in [-0.05, 0) is 46.3 Å². The number of aliphatic imine (C=N–C) groups is 3. The predicted molar refractivity (Wildman–Crippen MR) is 177 cm³/mol. The van der Waals surface area contributed by atoms with Crippen molar-refractivity contribution in [3.05, 3.63) is 149 Å². The topological polar surface area (TPSA) is 37.1 Å². The van der Waals surface area contributed by atoms with Crippen molar-refractivity contribution in [1.29, 1.82) is 0 Å². The summed E-state index contributed by atoms with van der Waals surface area (Å²) >= 11 is 0. The number of hydrogen-bond donors (Lipinski definition) is 0. The van der Waals surface area contributed by atoms with Crippen LogP contribution in [0.5, 0.6) is 0 Å². The van der Waals surface area contributed by atoms with E-state index in [1.54, 1.807) is 0 Å². The molecule has 0 amide bonds. The van der Waals surface area contributed by atoms with Gasteiger partial charge in [0.15, 0.2) is 11.7 Å². The summed E-state index contributed by atoms with van der Waals surface area (Å²) in [5, 5.41) is 7.17. The maximum atomic E-state index is 5.05. The quantitative estimate of drug-likeness (QED) is 0.156. The Balaban J connectivity index is 1.44. The van der Waals surface area contributed by atoms with Gasteiger partial charge in [-0.15, -0.1) is 0 Å². The van der Waals surface area contributed by atoms with Crippen LogP contribution >= 0.6 is 7.53 Å². The fraction of sp³-hybridized carbons (Fsp3) is 0.108. The van der Waals surface area contributed by atoms with Gasteiger partial charge in [-0.1, -0.05) is 131 Å². The molecule has 0 bridgehead atoms. The van der Waals surface area contributed by atoms with Gasteiger partial charge in [0.1, 0.15) is 0 Å². The van der Waals surface area contributed by atoms with Gasteiger partial charge in [-0.25, -0.2) is 9.98 Å². The van der Waals surface area contributed by atoms with Crippen molar-refractivity contribution in [1.82, 2.24) is 0 Å². The van der Waals surface area contributed by atoms with E-state index in [0.29, 0.717) is 18.2 Å². The summed E-state index contributed by atoms with van der Waals surface area (Å²) in [6.07, 6.45) is 0. The third-order valence-electron chi connectivity index (χ3n) is 8.18. The maximum Gasteiger partial charge on any atom is 0.161 e. The van der Waals surface area contributed by atoms with Crippen molar-refractivity contribution in [2.24, 2.45) is 15.0 Å². The minimum absolute atomic E-state index is 0.162. The highest BCUT2D eigenvalue weighted by molar-refractivity contribution is 7.68. The Bertz CT molecular complexity index is 2000. The zero-order valence-electron chi connectivity index (χ0n) is 23.3. The second-order valence-corrected chi connectivity index (χ2v) is 13.1. The average Bonchev–Trinajstić information content (AvgIpc) is 3.36. The molecule has 2 heterocycles. The zero-order chi connectivity index (χ0) is 28.0. The van der Waals surface area contributed by atoms with Gasteiger partial charge in [-0.3, -0.25) is 4.99 Å². The molecular formula is C37H30N3P. The lowest BCUT2D eigenvalue weighted by Gasteiger charge is -2.34. The summed E-state index contributed by atoms with van der Waals surface area (Å²) in [5.74, 6) is 1.23. The van der Waals surface area contributed by atoms with Crippen LogP contribution in [-0.4, -0.2) is 18.4 Å². The molecular weight excluding hydrogens is 517 g/mol. The first kappa shape index (κ1) is 25.4. The van der Waals surface area contributed by atoms with Crippen LogP contribution in [0.4, 0.5) is 0 Å². The van der Waals surface area contributed by atoms with Gasteiger partial charge in [0, 0.05) is 32.1 Å². The molecule has 0 fully saturated rings. The number of hydrogen-bond acceptors (Lipinski definition) is 1. The monoisotopic (exact) mass is 547 g/mol. The van der Waals surface area contributed by atoms with Crippen LogP contribution in [0.25, 0.3) is 26.3 Å². The number of fused-ring (bicyclic) bond motifs is 5. The van der Waals surface area contributed by atoms with Crippen molar-refractivity contribution in [3.8, 4) is 5.30 Å². The summed E-state index contributed by atoms with van der Waals surface area (Å²) in [5.41, 5.74) is 5.65. The molecule has 0 saturated heterocycles. The first-order valence-electron chi connectivity index (χ1n) is 13.9. The normalized spacial score (nSPS) is 14.7. The van der Waals surface area contributed by atoms with Crippen molar-refractivity contribution in [2.45, 2.75) is 25.8 Å². The number of rotatable bonds is 4. The molecule has 0 N–H and O–H groups in total. The molecule has 1 aliphatic rings. The summed E-state index contributed by atoms with van der Waals surface area (Å²) in [4.78, 5) is 14.4. The zero-order valence-corrected chi connectivity index (χ0v) is 24.1. The van der Waals surface area contributed by atoms with Gasteiger partial charge in [-0.2, -0.15) is 0 Å². The minimum Gasteiger partial charge on any atom is -0.261 e. The lowest BCUT2D eigenvalue weighted by molar-refractivity contribution is 0.649. The van der Waals surface area contributed by atoms with Crippen molar-refractivity contribution >= 4 is 46.9 Å². The van der Waals surface area contributed by atoms with Gasteiger partial charge in [0.25, 0.3) is 0 Å². The summed E-state index contributed by atoms with van der Waals surface area (Å²) in [6, 6.07) is 42.9. The molecule has 4 heteroatoms. The molecule has 198 valence electrons. The SMILES string of the molecule is C=NC(=NC(=NCc1ccccc1)c1ccc2c(c1)C(C)(C)c1cccc3c4ccccc4p-2c13)c1ccccc1. The van der Waals surface area contributed by atoms with Gasteiger partial charge in [0.05, 0.1) is 6.54 Å². The molecule has 1 aromatic heterocycles. The van der Waals surface area contributed by atoms with Crippen LogP contribution in [-0.2, 0) is 12.0 Å². The first-order valence-corrected chi connectivity index (χ1v) is 15.3. The maximum absolute atomic E-state index is 5.05. The van der Waals surface area contributed by atoms with Gasteiger partial charge < -0.3 is 0 Å². The van der Waals surface area contributed by atoms with Crippen LogP contribution < -0.4 is 0 Å². The fourth-order valence-electron chi connectivity index (χ4n) is 6.11. The molecule has 0 radical (unpaired) electrons. The number of amidine groups is 2. The second-order valence-electron chi connectivity index (χ2n) is 11.0. The van der Waals surface area contributed by atoms with E-state index in [9.17, 15) is 0 Å². The van der Waals surface area contributed by atoms with Crippen LogP contribution in [0.3, 0.4) is 0 Å². The van der Waals surface area contributed by atoms with Crippen molar-refractivity contribution in [2.75, 3.05) is 0 Å². The molecule has 1 unspecified atom stereocenters. The van der Waals surface area contributed by atoms with E-state index in [-0.39, 0.29) is 5.41 Å². The van der Waals surface area contributed by atoms with E-state index in [4.69, 9.17) is 9.98 Å². The molecule has 41 heavy (non-hydrogen) atoms. The Labute approximate surface area is 241 Å². The third kappa shape index (κ3) is 4.25. The Kier molecular flexibility index (Phi) is 6.26. The van der Waals surface area contributed by atoms with Gasteiger partial charge in [0.2, 0.25) is 0 Å². The highest BCUT2D eigenvalue weighted by Crippen LogP contribution is 2.63. The van der Waals surface area contributed by atoms with E-state index in [2.05, 4.69) is 98.4 Å². The van der Waals surface area contributed by atoms with Crippen molar-refractivity contribution in [3.63, 3.8) is 0 Å². The number of benzene rings is 5. The van der Waals surface area contributed by atoms with Crippen molar-refractivity contribution < 1.29 is 0 Å². The van der Waals surface area contributed by atoms with Gasteiger partial charge >= 0.3 is 0 Å². The molecule has 0 saturated carbocycles. The average molecular weight is 548 g/mol. The largest absolute Gasteiger partial charge is 0.261 e. The van der Waals surface area contributed by atoms with E-state index < -0.39 is 7.53 Å². The fourth-order valence-corrected chi connectivity index (χ4v) is 9.36. The van der Waals surface area contributed by atoms with E-state index >= 15 is 0 Å². The Morgan fingerprint density at radius 1 is 0.683 bits per heavy atom. The Hall–Kier alpha value is -4.59. The molecule has 0 aliphatic carbocycles. The summed E-state index contributed by atoms with van der Waals surface area (Å²) < 4.78 is 0. The minimum atomic E-state index is -0.619. The third-order valence-corrected chi connectivity index (χ3v) is 10.9. The molecule has 6 aromatic rings. The molecule has 7 rings (SSSR count). The first-order chi connectivity index (χ1) is 20.1. The smallest absolute Gasteiger partial charge is 0.161 e. The summed E-state index contributed by atoms with van der Waals surface area (Å²) in [6.45, 7) is 9.07. The van der Waals surface area contributed by atoms with Crippen LogP contribution in [0.2, 0.25) is 0 Å². The van der Waals surface area contributed by atoms with E-state index in [1.165, 1.54) is 37.4 Å². The molecule has 1 aliphatic heterocycles. The lowest BCUT2D eigenvalue weighted by atomic mass is 9.77. The molecule has 0 spiro atoms. The lowest BCUT2D eigenvalue weighted by Crippen LogP contribution is -2.22.